The molecule has 20 heavy (non-hydrogen) atoms. The van der Waals surface area contributed by atoms with Crippen molar-refractivity contribution in [1.29, 1.82) is 0 Å². The summed E-state index contributed by atoms with van der Waals surface area (Å²) in [4.78, 5) is 11.9. The summed E-state index contributed by atoms with van der Waals surface area (Å²) in [6.45, 7) is 2.23. The van der Waals surface area contributed by atoms with Crippen LogP contribution in [0, 0.1) is 0 Å². The minimum absolute atomic E-state index is 0.00327. The van der Waals surface area contributed by atoms with Crippen LogP contribution in [0.4, 0.5) is 0 Å². The molecule has 0 heterocycles. The second-order valence-corrected chi connectivity index (χ2v) is 5.54. The number of hydrogen-bond donors (Lipinski definition) is 1. The van der Waals surface area contributed by atoms with Gasteiger partial charge in [-0.3, -0.25) is 4.79 Å². The molecule has 0 aromatic heterocycles. The standard InChI is InChI=1S/C17H25NO2/c1-2-14-9-11-16(12-10-14)20-13-17(19)18-15-7-5-3-4-6-8-15/h9-12,15H,2-8,13H2,1H3,(H,18,19). The van der Waals surface area contributed by atoms with E-state index in [1.165, 1.54) is 31.2 Å². The first-order chi connectivity index (χ1) is 9.78. The van der Waals surface area contributed by atoms with Gasteiger partial charge in [0.2, 0.25) is 0 Å². The number of rotatable bonds is 5. The van der Waals surface area contributed by atoms with Gasteiger partial charge in [0, 0.05) is 6.04 Å². The lowest BCUT2D eigenvalue weighted by molar-refractivity contribution is -0.123. The normalized spacial score (nSPS) is 16.4. The van der Waals surface area contributed by atoms with Crippen molar-refractivity contribution < 1.29 is 9.53 Å². The van der Waals surface area contributed by atoms with Crippen molar-refractivity contribution in [2.75, 3.05) is 6.61 Å². The lowest BCUT2D eigenvalue weighted by Gasteiger charge is -2.16. The van der Waals surface area contributed by atoms with Gasteiger partial charge >= 0.3 is 0 Å². The number of hydrogen-bond acceptors (Lipinski definition) is 2. The molecule has 0 saturated heterocycles. The fourth-order valence-corrected chi connectivity index (χ4v) is 2.66. The van der Waals surface area contributed by atoms with E-state index in [9.17, 15) is 4.79 Å². The first-order valence-corrected chi connectivity index (χ1v) is 7.79. The van der Waals surface area contributed by atoms with Crippen LogP contribution in [0.2, 0.25) is 0 Å². The van der Waals surface area contributed by atoms with Crippen molar-refractivity contribution in [3.8, 4) is 5.75 Å². The lowest BCUT2D eigenvalue weighted by Crippen LogP contribution is -2.37. The Kier molecular flexibility index (Phi) is 5.90. The van der Waals surface area contributed by atoms with Gasteiger partial charge in [-0.25, -0.2) is 0 Å². The molecule has 0 bridgehead atoms. The van der Waals surface area contributed by atoms with Gasteiger partial charge in [0.05, 0.1) is 0 Å². The lowest BCUT2D eigenvalue weighted by atomic mass is 10.1. The summed E-state index contributed by atoms with van der Waals surface area (Å²) >= 11 is 0. The summed E-state index contributed by atoms with van der Waals surface area (Å²) in [5.74, 6) is 0.759. The SMILES string of the molecule is CCc1ccc(OCC(=O)NC2CCCCCC2)cc1. The molecule has 0 radical (unpaired) electrons. The fourth-order valence-electron chi connectivity index (χ4n) is 2.66. The Morgan fingerprint density at radius 2 is 1.80 bits per heavy atom. The molecule has 0 aliphatic heterocycles. The number of carbonyl (C=O) groups is 1. The summed E-state index contributed by atoms with van der Waals surface area (Å²) in [6.07, 6.45) is 8.28. The average molecular weight is 275 g/mol. The van der Waals surface area contributed by atoms with E-state index in [1.807, 2.05) is 24.3 Å². The largest absolute Gasteiger partial charge is 0.484 e. The van der Waals surface area contributed by atoms with Crippen molar-refractivity contribution in [2.24, 2.45) is 0 Å². The smallest absolute Gasteiger partial charge is 0.258 e. The number of amides is 1. The maximum atomic E-state index is 11.9. The Balaban J connectivity index is 1.73. The summed E-state index contributed by atoms with van der Waals surface area (Å²) in [7, 11) is 0. The third kappa shape index (κ3) is 4.87. The van der Waals surface area contributed by atoms with Crippen molar-refractivity contribution in [3.05, 3.63) is 29.8 Å². The van der Waals surface area contributed by atoms with Gasteiger partial charge in [0.15, 0.2) is 6.61 Å². The van der Waals surface area contributed by atoms with Crippen LogP contribution in [0.25, 0.3) is 0 Å². The third-order valence-electron chi connectivity index (χ3n) is 3.92. The number of ether oxygens (including phenoxy) is 1. The maximum Gasteiger partial charge on any atom is 0.258 e. The predicted octanol–water partition coefficient (Wildman–Crippen LogP) is 3.47. The predicted molar refractivity (Wildman–Crippen MR) is 80.9 cm³/mol. The Morgan fingerprint density at radius 1 is 1.15 bits per heavy atom. The average Bonchev–Trinajstić information content (AvgIpc) is 2.74. The Morgan fingerprint density at radius 3 is 2.40 bits per heavy atom. The molecule has 1 N–H and O–H groups in total. The third-order valence-corrected chi connectivity index (χ3v) is 3.92. The van der Waals surface area contributed by atoms with Crippen molar-refractivity contribution >= 4 is 5.91 Å². The number of aryl methyl sites for hydroxylation is 1. The molecule has 110 valence electrons. The summed E-state index contributed by atoms with van der Waals surface area (Å²) in [5.41, 5.74) is 1.28. The molecule has 0 unspecified atom stereocenters. The number of nitrogens with one attached hydrogen (secondary N) is 1. The van der Waals surface area contributed by atoms with E-state index in [-0.39, 0.29) is 12.5 Å². The second-order valence-electron chi connectivity index (χ2n) is 5.54. The summed E-state index contributed by atoms with van der Waals surface area (Å²) in [6, 6.07) is 8.28. The number of benzene rings is 1. The van der Waals surface area contributed by atoms with Gasteiger partial charge < -0.3 is 10.1 Å². The van der Waals surface area contributed by atoms with Gasteiger partial charge in [-0.1, -0.05) is 44.7 Å². The molecule has 0 atom stereocenters. The highest BCUT2D eigenvalue weighted by Gasteiger charge is 2.14. The minimum Gasteiger partial charge on any atom is -0.484 e. The van der Waals surface area contributed by atoms with E-state index < -0.39 is 0 Å². The van der Waals surface area contributed by atoms with Crippen molar-refractivity contribution in [2.45, 2.75) is 57.9 Å². The first-order valence-electron chi connectivity index (χ1n) is 7.79. The Hall–Kier alpha value is -1.51. The zero-order chi connectivity index (χ0) is 14.2. The molecule has 1 aliphatic rings. The van der Waals surface area contributed by atoms with Crippen LogP contribution in [0.1, 0.15) is 51.0 Å². The van der Waals surface area contributed by atoms with E-state index >= 15 is 0 Å². The molecule has 2 rings (SSSR count). The highest BCUT2D eigenvalue weighted by Crippen LogP contribution is 2.17. The fraction of sp³-hybridized carbons (Fsp3) is 0.588. The van der Waals surface area contributed by atoms with E-state index in [0.717, 1.165) is 25.0 Å². The molecular formula is C17H25NO2. The molecule has 0 spiro atoms. The van der Waals surface area contributed by atoms with Crippen LogP contribution in [0.5, 0.6) is 5.75 Å². The van der Waals surface area contributed by atoms with Crippen LogP contribution in [-0.2, 0) is 11.2 Å². The van der Waals surface area contributed by atoms with E-state index in [4.69, 9.17) is 4.74 Å². The van der Waals surface area contributed by atoms with E-state index in [0.29, 0.717) is 6.04 Å². The quantitative estimate of drug-likeness (QED) is 0.836. The molecule has 1 aromatic carbocycles. The molecule has 3 nitrogen and oxygen atoms in total. The van der Waals surface area contributed by atoms with Gasteiger partial charge in [0.1, 0.15) is 5.75 Å². The van der Waals surface area contributed by atoms with Crippen molar-refractivity contribution in [1.82, 2.24) is 5.32 Å². The molecule has 3 heteroatoms. The minimum atomic E-state index is -0.00327. The highest BCUT2D eigenvalue weighted by atomic mass is 16.5. The zero-order valence-corrected chi connectivity index (χ0v) is 12.4. The monoisotopic (exact) mass is 275 g/mol. The van der Waals surface area contributed by atoms with E-state index in [1.54, 1.807) is 0 Å². The number of carbonyl (C=O) groups excluding carboxylic acids is 1. The second kappa shape index (κ2) is 7.93. The van der Waals surface area contributed by atoms with Gasteiger partial charge in [-0.15, -0.1) is 0 Å². The van der Waals surface area contributed by atoms with Crippen LogP contribution >= 0.6 is 0 Å². The van der Waals surface area contributed by atoms with Crippen LogP contribution in [0.15, 0.2) is 24.3 Å². The van der Waals surface area contributed by atoms with E-state index in [2.05, 4.69) is 12.2 Å². The Labute approximate surface area is 121 Å². The van der Waals surface area contributed by atoms with Gasteiger partial charge in [-0.05, 0) is 37.0 Å². The van der Waals surface area contributed by atoms with Gasteiger partial charge in [-0.2, -0.15) is 0 Å². The van der Waals surface area contributed by atoms with Crippen LogP contribution < -0.4 is 10.1 Å². The molecular weight excluding hydrogens is 250 g/mol. The molecule has 1 saturated carbocycles. The van der Waals surface area contributed by atoms with Crippen LogP contribution in [-0.4, -0.2) is 18.6 Å². The zero-order valence-electron chi connectivity index (χ0n) is 12.4. The molecule has 1 aromatic rings. The summed E-state index contributed by atoms with van der Waals surface area (Å²) < 4.78 is 5.53. The van der Waals surface area contributed by atoms with Gasteiger partial charge in [0.25, 0.3) is 5.91 Å². The molecule has 1 fully saturated rings. The highest BCUT2D eigenvalue weighted by molar-refractivity contribution is 5.77. The van der Waals surface area contributed by atoms with Crippen molar-refractivity contribution in [3.63, 3.8) is 0 Å². The molecule has 1 aliphatic carbocycles. The molecule has 1 amide bonds. The summed E-state index contributed by atoms with van der Waals surface area (Å²) in [5, 5.41) is 3.09. The topological polar surface area (TPSA) is 38.3 Å². The first kappa shape index (κ1) is 14.9. The maximum absolute atomic E-state index is 11.9. The Bertz CT molecular complexity index is 406. The van der Waals surface area contributed by atoms with Crippen LogP contribution in [0.3, 0.4) is 0 Å².